The smallest absolute Gasteiger partial charge is 0.183 e. The molecule has 0 aliphatic carbocycles. The van der Waals surface area contributed by atoms with Gasteiger partial charge in [-0.3, -0.25) is 0 Å². The number of hydrogen-bond acceptors (Lipinski definition) is 3. The molecule has 0 aromatic rings. The van der Waals surface area contributed by atoms with Gasteiger partial charge < -0.3 is 14.2 Å². The van der Waals surface area contributed by atoms with Crippen LogP contribution in [0.2, 0.25) is 19.6 Å². The van der Waals surface area contributed by atoms with Gasteiger partial charge >= 0.3 is 0 Å². The molecule has 0 bridgehead atoms. The van der Waals surface area contributed by atoms with Crippen LogP contribution < -0.4 is 0 Å². The van der Waals surface area contributed by atoms with Gasteiger partial charge in [-0.1, -0.05) is 31.4 Å². The number of rotatable bonds is 5. The second kappa shape index (κ2) is 5.79. The molecule has 0 N–H and O–H groups in total. The molecule has 1 heterocycles. The molecule has 0 aromatic heterocycles. The highest BCUT2D eigenvalue weighted by Gasteiger charge is 2.28. The standard InChI is InChI=1S/C11H22O3Si/c1-12-11-10(6-8-14-11)13-7-5-9-15(2,3)4/h5,9-11H,6-8H2,1-4H3/b9-5-/t10-,11?/m0/s1. The molecule has 0 spiro atoms. The summed E-state index contributed by atoms with van der Waals surface area (Å²) in [5.41, 5.74) is 2.30. The van der Waals surface area contributed by atoms with Crippen LogP contribution in [0.3, 0.4) is 0 Å². The predicted octanol–water partition coefficient (Wildman–Crippen LogP) is 2.20. The van der Waals surface area contributed by atoms with Gasteiger partial charge in [0, 0.05) is 13.5 Å². The summed E-state index contributed by atoms with van der Waals surface area (Å²) < 4.78 is 16.2. The van der Waals surface area contributed by atoms with E-state index >= 15 is 0 Å². The number of hydrogen-bond donors (Lipinski definition) is 0. The van der Waals surface area contributed by atoms with E-state index in [0.717, 1.165) is 13.0 Å². The first kappa shape index (κ1) is 12.9. The average Bonchev–Trinajstić information content (AvgIpc) is 2.58. The topological polar surface area (TPSA) is 27.7 Å². The lowest BCUT2D eigenvalue weighted by Gasteiger charge is -2.16. The summed E-state index contributed by atoms with van der Waals surface area (Å²) in [6.07, 6.45) is 2.97. The van der Waals surface area contributed by atoms with Crippen molar-refractivity contribution in [2.45, 2.75) is 38.5 Å². The van der Waals surface area contributed by atoms with E-state index in [9.17, 15) is 0 Å². The van der Waals surface area contributed by atoms with Crippen LogP contribution in [0, 0.1) is 0 Å². The minimum atomic E-state index is -1.08. The van der Waals surface area contributed by atoms with Gasteiger partial charge in [0.25, 0.3) is 0 Å². The predicted molar refractivity (Wildman–Crippen MR) is 63.6 cm³/mol. The molecule has 1 rings (SSSR count). The molecular formula is C11H22O3Si. The van der Waals surface area contributed by atoms with Gasteiger partial charge in [-0.15, -0.1) is 0 Å². The molecule has 1 unspecified atom stereocenters. The van der Waals surface area contributed by atoms with E-state index < -0.39 is 8.07 Å². The molecule has 1 saturated heterocycles. The quantitative estimate of drug-likeness (QED) is 0.678. The molecule has 0 radical (unpaired) electrons. The Kier molecular flexibility index (Phi) is 4.98. The largest absolute Gasteiger partial charge is 0.369 e. The Hall–Kier alpha value is -0.163. The van der Waals surface area contributed by atoms with E-state index in [1.807, 2.05) is 0 Å². The Balaban J connectivity index is 2.22. The molecule has 2 atom stereocenters. The minimum Gasteiger partial charge on any atom is -0.369 e. The van der Waals surface area contributed by atoms with Crippen molar-refractivity contribution in [2.75, 3.05) is 20.3 Å². The van der Waals surface area contributed by atoms with Gasteiger partial charge in [0.05, 0.1) is 21.3 Å². The highest BCUT2D eigenvalue weighted by molar-refractivity contribution is 6.80. The highest BCUT2D eigenvalue weighted by Crippen LogP contribution is 2.17. The maximum atomic E-state index is 5.69. The summed E-state index contributed by atoms with van der Waals surface area (Å²) >= 11 is 0. The number of ether oxygens (including phenoxy) is 3. The summed E-state index contributed by atoms with van der Waals surface area (Å²) in [6.45, 7) is 8.32. The van der Waals surface area contributed by atoms with Crippen LogP contribution in [0.4, 0.5) is 0 Å². The second-order valence-electron chi connectivity index (χ2n) is 4.90. The molecule has 1 aliphatic rings. The maximum Gasteiger partial charge on any atom is 0.183 e. The molecule has 0 amide bonds. The van der Waals surface area contributed by atoms with Crippen LogP contribution in [0.25, 0.3) is 0 Å². The van der Waals surface area contributed by atoms with Crippen molar-refractivity contribution >= 4 is 8.07 Å². The van der Waals surface area contributed by atoms with Gasteiger partial charge in [-0.2, -0.15) is 0 Å². The van der Waals surface area contributed by atoms with Gasteiger partial charge in [0.2, 0.25) is 0 Å². The molecule has 1 aliphatic heterocycles. The monoisotopic (exact) mass is 230 g/mol. The first-order valence-corrected chi connectivity index (χ1v) is 9.04. The second-order valence-corrected chi connectivity index (χ2v) is 9.97. The van der Waals surface area contributed by atoms with Gasteiger partial charge in [-0.25, -0.2) is 0 Å². The van der Waals surface area contributed by atoms with Crippen LogP contribution in [0.1, 0.15) is 6.42 Å². The van der Waals surface area contributed by atoms with E-state index in [0.29, 0.717) is 6.61 Å². The van der Waals surface area contributed by atoms with Gasteiger partial charge in [-0.05, 0) is 0 Å². The molecular weight excluding hydrogens is 208 g/mol. The van der Waals surface area contributed by atoms with Crippen molar-refractivity contribution in [2.24, 2.45) is 0 Å². The Morgan fingerprint density at radius 3 is 2.73 bits per heavy atom. The van der Waals surface area contributed by atoms with E-state index in [1.165, 1.54) is 0 Å². The van der Waals surface area contributed by atoms with Crippen molar-refractivity contribution in [1.29, 1.82) is 0 Å². The highest BCUT2D eigenvalue weighted by atomic mass is 28.3. The molecule has 0 saturated carbocycles. The zero-order chi connectivity index (χ0) is 11.3. The zero-order valence-corrected chi connectivity index (χ0v) is 11.2. The summed E-state index contributed by atoms with van der Waals surface area (Å²) in [6, 6.07) is 0. The fourth-order valence-electron chi connectivity index (χ4n) is 1.51. The maximum absolute atomic E-state index is 5.69. The van der Waals surface area contributed by atoms with Gasteiger partial charge in [0.15, 0.2) is 6.29 Å². The summed E-state index contributed by atoms with van der Waals surface area (Å²) in [7, 11) is 0.575. The van der Waals surface area contributed by atoms with E-state index in [1.54, 1.807) is 7.11 Å². The molecule has 88 valence electrons. The third-order valence-electron chi connectivity index (χ3n) is 2.24. The van der Waals surface area contributed by atoms with Gasteiger partial charge in [0.1, 0.15) is 6.10 Å². The molecule has 0 aromatic carbocycles. The molecule has 1 fully saturated rings. The fraction of sp³-hybridized carbons (Fsp3) is 0.818. The zero-order valence-electron chi connectivity index (χ0n) is 10.2. The van der Waals surface area contributed by atoms with Crippen molar-refractivity contribution in [3.05, 3.63) is 11.8 Å². The van der Waals surface area contributed by atoms with Crippen LogP contribution >= 0.6 is 0 Å². The van der Waals surface area contributed by atoms with Crippen molar-refractivity contribution in [3.8, 4) is 0 Å². The van der Waals surface area contributed by atoms with Crippen molar-refractivity contribution in [1.82, 2.24) is 0 Å². The third kappa shape index (κ3) is 4.93. The van der Waals surface area contributed by atoms with Crippen LogP contribution in [-0.4, -0.2) is 40.8 Å². The van der Waals surface area contributed by atoms with Crippen LogP contribution in [0.15, 0.2) is 11.8 Å². The molecule has 15 heavy (non-hydrogen) atoms. The average molecular weight is 230 g/mol. The Labute approximate surface area is 93.4 Å². The van der Waals surface area contributed by atoms with E-state index in [4.69, 9.17) is 14.2 Å². The lowest BCUT2D eigenvalue weighted by Crippen LogP contribution is -2.26. The normalized spacial score (nSPS) is 27.7. The van der Waals surface area contributed by atoms with E-state index in [-0.39, 0.29) is 12.4 Å². The first-order valence-electron chi connectivity index (χ1n) is 5.46. The summed E-state index contributed by atoms with van der Waals surface area (Å²) in [4.78, 5) is 0. The van der Waals surface area contributed by atoms with Crippen LogP contribution in [0.5, 0.6) is 0 Å². The van der Waals surface area contributed by atoms with Crippen molar-refractivity contribution < 1.29 is 14.2 Å². The lowest BCUT2D eigenvalue weighted by atomic mass is 10.3. The minimum absolute atomic E-state index is 0.0984. The first-order chi connectivity index (χ1) is 7.03. The fourth-order valence-corrected chi connectivity index (χ4v) is 2.31. The molecule has 3 nitrogen and oxygen atoms in total. The molecule has 4 heteroatoms. The number of methoxy groups -OCH3 is 1. The SMILES string of the molecule is COC1OCC[C@@H]1OC/C=C\[Si](C)(C)C. The Morgan fingerprint density at radius 2 is 2.13 bits per heavy atom. The lowest BCUT2D eigenvalue weighted by molar-refractivity contribution is -0.144. The van der Waals surface area contributed by atoms with E-state index in [2.05, 4.69) is 31.4 Å². The van der Waals surface area contributed by atoms with Crippen molar-refractivity contribution in [3.63, 3.8) is 0 Å². The van der Waals surface area contributed by atoms with Crippen LogP contribution in [-0.2, 0) is 14.2 Å². The Bertz CT molecular complexity index is 210. The summed E-state index contributed by atoms with van der Waals surface area (Å²) in [5.74, 6) is 0. The Morgan fingerprint density at radius 1 is 1.40 bits per heavy atom. The summed E-state index contributed by atoms with van der Waals surface area (Å²) in [5, 5.41) is 0. The third-order valence-corrected chi connectivity index (χ3v) is 3.48.